The molecular formula is C13H15FN2O5. The maximum atomic E-state index is 13.9. The van der Waals surface area contributed by atoms with Crippen LogP contribution < -0.4 is 10.1 Å². The van der Waals surface area contributed by atoms with Crippen molar-refractivity contribution >= 4 is 17.3 Å². The molecule has 1 aromatic rings. The molecule has 0 unspecified atom stereocenters. The summed E-state index contributed by atoms with van der Waals surface area (Å²) in [6.45, 7) is 0.0697. The number of methoxy groups -OCH3 is 1. The number of carboxylic acid groups (broad SMARTS) is 1. The van der Waals surface area contributed by atoms with Crippen LogP contribution in [0, 0.1) is 21.3 Å². The number of ether oxygens (including phenoxy) is 1. The monoisotopic (exact) mass is 298 g/mol. The average Bonchev–Trinajstić information content (AvgIpc) is 2.38. The second-order valence-corrected chi connectivity index (χ2v) is 5.05. The van der Waals surface area contributed by atoms with Crippen molar-refractivity contribution in [3.8, 4) is 5.75 Å². The Morgan fingerprint density at radius 1 is 1.57 bits per heavy atom. The van der Waals surface area contributed by atoms with Gasteiger partial charge in [-0.05, 0) is 12.8 Å². The van der Waals surface area contributed by atoms with Crippen LogP contribution in [0.4, 0.5) is 15.8 Å². The molecule has 21 heavy (non-hydrogen) atoms. The number of halogens is 1. The van der Waals surface area contributed by atoms with Crippen molar-refractivity contribution in [2.24, 2.45) is 5.41 Å². The first-order valence-electron chi connectivity index (χ1n) is 6.39. The molecule has 0 spiro atoms. The number of rotatable bonds is 6. The number of nitrogens with zero attached hydrogens (tertiary/aromatic N) is 1. The van der Waals surface area contributed by atoms with E-state index in [-0.39, 0.29) is 18.0 Å². The van der Waals surface area contributed by atoms with Crippen LogP contribution in [-0.2, 0) is 4.79 Å². The number of carboxylic acids is 1. The number of anilines is 1. The summed E-state index contributed by atoms with van der Waals surface area (Å²) in [5.74, 6) is -1.82. The van der Waals surface area contributed by atoms with Gasteiger partial charge in [0.25, 0.3) is 0 Å². The maximum Gasteiger partial charge on any atom is 0.313 e. The SMILES string of the molecule is COc1cc(NCC2(C(=O)O)CCC2)c(F)cc1[N+](=O)[O-]. The lowest BCUT2D eigenvalue weighted by Crippen LogP contribution is -2.43. The molecule has 0 amide bonds. The van der Waals surface area contributed by atoms with Crippen molar-refractivity contribution in [3.63, 3.8) is 0 Å². The van der Waals surface area contributed by atoms with E-state index in [1.54, 1.807) is 0 Å². The Hall–Kier alpha value is -2.38. The second kappa shape index (κ2) is 5.55. The Kier molecular flexibility index (Phi) is 3.97. The van der Waals surface area contributed by atoms with Crippen molar-refractivity contribution in [2.45, 2.75) is 19.3 Å². The van der Waals surface area contributed by atoms with Crippen molar-refractivity contribution in [1.29, 1.82) is 0 Å². The zero-order valence-electron chi connectivity index (χ0n) is 11.4. The molecule has 0 atom stereocenters. The van der Waals surface area contributed by atoms with Gasteiger partial charge >= 0.3 is 11.7 Å². The number of aliphatic carboxylic acids is 1. The third-order valence-corrected chi connectivity index (χ3v) is 3.85. The van der Waals surface area contributed by atoms with Gasteiger partial charge in [-0.15, -0.1) is 0 Å². The van der Waals surface area contributed by atoms with Crippen molar-refractivity contribution in [2.75, 3.05) is 19.0 Å². The van der Waals surface area contributed by atoms with E-state index >= 15 is 0 Å². The van der Waals surface area contributed by atoms with Crippen LogP contribution in [0.25, 0.3) is 0 Å². The third-order valence-electron chi connectivity index (χ3n) is 3.85. The molecule has 0 bridgehead atoms. The molecule has 1 fully saturated rings. The van der Waals surface area contributed by atoms with E-state index in [9.17, 15) is 24.4 Å². The number of carbonyl (C=O) groups is 1. The van der Waals surface area contributed by atoms with E-state index < -0.39 is 27.8 Å². The zero-order valence-corrected chi connectivity index (χ0v) is 11.4. The van der Waals surface area contributed by atoms with Gasteiger partial charge in [-0.1, -0.05) is 6.42 Å². The van der Waals surface area contributed by atoms with E-state index in [2.05, 4.69) is 5.32 Å². The molecule has 2 rings (SSSR count). The van der Waals surface area contributed by atoms with Gasteiger partial charge in [0, 0.05) is 12.6 Å². The summed E-state index contributed by atoms with van der Waals surface area (Å²) in [6, 6.07) is 1.93. The number of nitro groups is 1. The number of hydrogen-bond acceptors (Lipinski definition) is 5. The van der Waals surface area contributed by atoms with Gasteiger partial charge < -0.3 is 15.2 Å². The van der Waals surface area contributed by atoms with E-state index in [0.29, 0.717) is 12.8 Å². The fourth-order valence-corrected chi connectivity index (χ4v) is 2.32. The molecule has 114 valence electrons. The molecule has 0 aromatic heterocycles. The van der Waals surface area contributed by atoms with Crippen LogP contribution in [0.15, 0.2) is 12.1 Å². The fraction of sp³-hybridized carbons (Fsp3) is 0.462. The lowest BCUT2D eigenvalue weighted by molar-refractivity contribution is -0.385. The van der Waals surface area contributed by atoms with Crippen LogP contribution in [-0.4, -0.2) is 29.7 Å². The lowest BCUT2D eigenvalue weighted by Gasteiger charge is -2.37. The summed E-state index contributed by atoms with van der Waals surface area (Å²) in [5, 5.41) is 22.7. The van der Waals surface area contributed by atoms with Gasteiger partial charge in [0.2, 0.25) is 0 Å². The van der Waals surface area contributed by atoms with Gasteiger partial charge in [-0.2, -0.15) is 0 Å². The van der Waals surface area contributed by atoms with Crippen LogP contribution in [0.5, 0.6) is 5.75 Å². The summed E-state index contributed by atoms with van der Waals surface area (Å²) >= 11 is 0. The Morgan fingerprint density at radius 2 is 2.24 bits per heavy atom. The Labute approximate surface area is 119 Å². The highest BCUT2D eigenvalue weighted by atomic mass is 19.1. The summed E-state index contributed by atoms with van der Waals surface area (Å²) < 4.78 is 18.7. The molecule has 1 aliphatic carbocycles. The van der Waals surface area contributed by atoms with Crippen LogP contribution in [0.1, 0.15) is 19.3 Å². The third kappa shape index (κ3) is 2.74. The lowest BCUT2D eigenvalue weighted by atomic mass is 9.69. The van der Waals surface area contributed by atoms with E-state index in [1.807, 2.05) is 0 Å². The highest BCUT2D eigenvalue weighted by Gasteiger charge is 2.44. The normalized spacial score (nSPS) is 15.9. The first-order chi connectivity index (χ1) is 9.89. The van der Waals surface area contributed by atoms with Crippen molar-refractivity contribution < 1.29 is 24.0 Å². The Balaban J connectivity index is 2.21. The zero-order chi connectivity index (χ0) is 15.6. The topological polar surface area (TPSA) is 102 Å². The summed E-state index contributed by atoms with van der Waals surface area (Å²) in [7, 11) is 1.24. The first kappa shape index (κ1) is 15.0. The second-order valence-electron chi connectivity index (χ2n) is 5.05. The van der Waals surface area contributed by atoms with Gasteiger partial charge in [-0.25, -0.2) is 4.39 Å². The molecule has 0 saturated heterocycles. The Bertz CT molecular complexity index is 586. The van der Waals surface area contributed by atoms with Gasteiger partial charge in [0.1, 0.15) is 0 Å². The van der Waals surface area contributed by atoms with Crippen LogP contribution >= 0.6 is 0 Å². The molecule has 7 nitrogen and oxygen atoms in total. The van der Waals surface area contributed by atoms with E-state index in [0.717, 1.165) is 12.5 Å². The molecular weight excluding hydrogens is 283 g/mol. The smallest absolute Gasteiger partial charge is 0.313 e. The largest absolute Gasteiger partial charge is 0.490 e. The van der Waals surface area contributed by atoms with Crippen molar-refractivity contribution in [1.82, 2.24) is 0 Å². The molecule has 0 radical (unpaired) electrons. The standard InChI is InChI=1S/C13H15FN2O5/c1-21-11-6-9(8(14)5-10(11)16(19)20)15-7-13(12(17)18)3-2-4-13/h5-6,15H,2-4,7H2,1H3,(H,17,18). The van der Waals surface area contributed by atoms with Gasteiger partial charge in [0.15, 0.2) is 11.6 Å². The summed E-state index contributed by atoms with van der Waals surface area (Å²) in [4.78, 5) is 21.3. The Morgan fingerprint density at radius 3 is 2.67 bits per heavy atom. The van der Waals surface area contributed by atoms with Crippen LogP contribution in [0.3, 0.4) is 0 Å². The average molecular weight is 298 g/mol. The minimum atomic E-state index is -0.921. The first-order valence-corrected chi connectivity index (χ1v) is 6.39. The molecule has 1 aliphatic rings. The molecule has 1 saturated carbocycles. The quantitative estimate of drug-likeness (QED) is 0.617. The summed E-state index contributed by atoms with van der Waals surface area (Å²) in [6.07, 6.45) is 1.88. The number of benzene rings is 1. The number of nitrogens with one attached hydrogen (secondary N) is 1. The van der Waals surface area contributed by atoms with Crippen LogP contribution in [0.2, 0.25) is 0 Å². The minimum Gasteiger partial charge on any atom is -0.490 e. The van der Waals surface area contributed by atoms with Gasteiger partial charge in [0.05, 0.1) is 29.2 Å². The molecule has 1 aromatic carbocycles. The van der Waals surface area contributed by atoms with E-state index in [4.69, 9.17) is 4.74 Å². The van der Waals surface area contributed by atoms with Gasteiger partial charge in [-0.3, -0.25) is 14.9 Å². The predicted octanol–water partition coefficient (Wildman–Crippen LogP) is 2.41. The molecule has 8 heteroatoms. The van der Waals surface area contributed by atoms with E-state index in [1.165, 1.54) is 13.2 Å². The highest BCUT2D eigenvalue weighted by Crippen LogP contribution is 2.42. The number of hydrogen-bond donors (Lipinski definition) is 2. The maximum absolute atomic E-state index is 13.9. The highest BCUT2D eigenvalue weighted by molar-refractivity contribution is 5.76. The predicted molar refractivity (Wildman–Crippen MR) is 72.0 cm³/mol. The minimum absolute atomic E-state index is 0.00928. The molecule has 0 aliphatic heterocycles. The molecule has 0 heterocycles. The fourth-order valence-electron chi connectivity index (χ4n) is 2.32. The number of nitro benzene ring substituents is 1. The van der Waals surface area contributed by atoms with Crippen molar-refractivity contribution in [3.05, 3.63) is 28.1 Å². The molecule has 2 N–H and O–H groups in total. The summed E-state index contributed by atoms with van der Waals surface area (Å²) in [5.41, 5.74) is -1.37.